The number of ether oxygens (including phenoxy) is 1. The van der Waals surface area contributed by atoms with Crippen molar-refractivity contribution < 1.29 is 9.53 Å². The first-order chi connectivity index (χ1) is 16.2. The molecule has 1 aliphatic carbocycles. The monoisotopic (exact) mass is 437 g/mol. The Balaban J connectivity index is 1.25. The van der Waals surface area contributed by atoms with Crippen LogP contribution in [0.2, 0.25) is 0 Å². The van der Waals surface area contributed by atoms with Crippen LogP contribution >= 0.6 is 0 Å². The molecule has 166 valence electrons. The number of piperidine rings is 1. The zero-order chi connectivity index (χ0) is 22.0. The van der Waals surface area contributed by atoms with Gasteiger partial charge in [-0.25, -0.2) is 5.01 Å². The van der Waals surface area contributed by atoms with Crippen molar-refractivity contribution in [2.75, 3.05) is 13.1 Å². The van der Waals surface area contributed by atoms with Crippen LogP contribution in [0.25, 0.3) is 10.8 Å². The summed E-state index contributed by atoms with van der Waals surface area (Å²) in [6, 6.07) is 23.7. The fourth-order valence-corrected chi connectivity index (χ4v) is 5.77. The quantitative estimate of drug-likeness (QED) is 0.560. The highest BCUT2D eigenvalue weighted by atomic mass is 16.5. The average molecular weight is 438 g/mol. The van der Waals surface area contributed by atoms with E-state index in [1.165, 1.54) is 21.9 Å². The van der Waals surface area contributed by atoms with Gasteiger partial charge >= 0.3 is 0 Å². The molecule has 3 aliphatic heterocycles. The van der Waals surface area contributed by atoms with E-state index in [0.717, 1.165) is 56.7 Å². The van der Waals surface area contributed by atoms with Gasteiger partial charge in [0, 0.05) is 43.8 Å². The van der Waals surface area contributed by atoms with Crippen LogP contribution in [0.5, 0.6) is 5.75 Å². The third kappa shape index (κ3) is 3.05. The highest BCUT2D eigenvalue weighted by molar-refractivity contribution is 6.04. The number of benzene rings is 3. The molecule has 0 radical (unpaired) electrons. The van der Waals surface area contributed by atoms with E-state index in [0.29, 0.717) is 5.91 Å². The van der Waals surface area contributed by atoms with Crippen molar-refractivity contribution in [3.8, 4) is 5.75 Å². The molecule has 0 bridgehead atoms. The molecule has 2 fully saturated rings. The van der Waals surface area contributed by atoms with Crippen molar-refractivity contribution in [2.24, 2.45) is 11.0 Å². The molecule has 1 amide bonds. The van der Waals surface area contributed by atoms with Crippen molar-refractivity contribution >= 4 is 22.4 Å². The Kier molecular flexibility index (Phi) is 4.11. The summed E-state index contributed by atoms with van der Waals surface area (Å²) < 4.78 is 6.71. The lowest BCUT2D eigenvalue weighted by Gasteiger charge is -2.51. The Hall–Kier alpha value is -3.34. The summed E-state index contributed by atoms with van der Waals surface area (Å²) in [7, 11) is 0. The maximum absolute atomic E-state index is 12.6. The second-order valence-corrected chi connectivity index (χ2v) is 9.86. The van der Waals surface area contributed by atoms with Crippen molar-refractivity contribution in [1.82, 2.24) is 9.91 Å². The smallest absolute Gasteiger partial charge is 0.225 e. The summed E-state index contributed by atoms with van der Waals surface area (Å²) in [5.41, 5.74) is 3.01. The summed E-state index contributed by atoms with van der Waals surface area (Å²) >= 11 is 0. The van der Waals surface area contributed by atoms with Crippen LogP contribution in [0, 0.1) is 5.92 Å². The first-order valence-corrected chi connectivity index (χ1v) is 12.1. The van der Waals surface area contributed by atoms with Gasteiger partial charge in [0.05, 0.1) is 11.8 Å². The second kappa shape index (κ2) is 7.08. The molecule has 3 aromatic rings. The number of nitrogens with zero attached hydrogens (tertiary/aromatic N) is 3. The number of carbonyl (C=O) groups excluding carboxylic acids is 1. The van der Waals surface area contributed by atoms with Gasteiger partial charge in [0.1, 0.15) is 5.75 Å². The van der Waals surface area contributed by atoms with Gasteiger partial charge in [0.25, 0.3) is 0 Å². The van der Waals surface area contributed by atoms with Gasteiger partial charge in [-0.15, -0.1) is 0 Å². The molecule has 3 aromatic carbocycles. The molecule has 1 unspecified atom stereocenters. The van der Waals surface area contributed by atoms with Gasteiger partial charge in [-0.1, -0.05) is 54.6 Å². The minimum Gasteiger partial charge on any atom is -0.466 e. The number of amides is 1. The third-order valence-corrected chi connectivity index (χ3v) is 7.77. The molecule has 0 N–H and O–H groups in total. The Morgan fingerprint density at radius 1 is 0.939 bits per heavy atom. The van der Waals surface area contributed by atoms with Crippen molar-refractivity contribution in [3.05, 3.63) is 77.9 Å². The molecule has 5 nitrogen and oxygen atoms in total. The number of fused-ring (bicyclic) bond motifs is 5. The highest BCUT2D eigenvalue weighted by Gasteiger charge is 2.52. The largest absolute Gasteiger partial charge is 0.466 e. The summed E-state index contributed by atoms with van der Waals surface area (Å²) in [5.74, 6) is 1.57. The van der Waals surface area contributed by atoms with Gasteiger partial charge in [-0.05, 0) is 41.3 Å². The topological polar surface area (TPSA) is 45.1 Å². The Morgan fingerprint density at radius 3 is 2.52 bits per heavy atom. The summed E-state index contributed by atoms with van der Waals surface area (Å²) in [6.45, 7) is 1.48. The van der Waals surface area contributed by atoms with Gasteiger partial charge < -0.3 is 9.64 Å². The zero-order valence-electron chi connectivity index (χ0n) is 18.6. The number of hydrogen-bond acceptors (Lipinski definition) is 4. The van der Waals surface area contributed by atoms with E-state index >= 15 is 0 Å². The van der Waals surface area contributed by atoms with E-state index in [9.17, 15) is 4.79 Å². The van der Waals surface area contributed by atoms with Gasteiger partial charge in [-0.3, -0.25) is 4.79 Å². The summed E-state index contributed by atoms with van der Waals surface area (Å²) in [5, 5.41) is 9.92. The molecule has 7 rings (SSSR count). The number of hydrogen-bond donors (Lipinski definition) is 0. The molecular weight excluding hydrogens is 410 g/mol. The van der Waals surface area contributed by atoms with Crippen molar-refractivity contribution in [1.29, 1.82) is 0 Å². The van der Waals surface area contributed by atoms with Gasteiger partial charge in [-0.2, -0.15) is 5.10 Å². The van der Waals surface area contributed by atoms with E-state index in [-0.39, 0.29) is 12.0 Å². The molecule has 3 heterocycles. The summed E-state index contributed by atoms with van der Waals surface area (Å²) in [6.07, 6.45) is 4.54. The van der Waals surface area contributed by atoms with Crippen LogP contribution in [-0.4, -0.2) is 40.3 Å². The van der Waals surface area contributed by atoms with E-state index in [2.05, 4.69) is 65.7 Å². The lowest BCUT2D eigenvalue weighted by atomic mass is 9.90. The van der Waals surface area contributed by atoms with Crippen LogP contribution in [-0.2, 0) is 4.79 Å². The predicted molar refractivity (Wildman–Crippen MR) is 128 cm³/mol. The molecule has 4 aliphatic rings. The van der Waals surface area contributed by atoms with Crippen LogP contribution < -0.4 is 4.74 Å². The molecule has 1 saturated heterocycles. The lowest BCUT2D eigenvalue weighted by Crippen LogP contribution is -2.59. The van der Waals surface area contributed by atoms with Gasteiger partial charge in [0.2, 0.25) is 11.6 Å². The molecule has 33 heavy (non-hydrogen) atoms. The number of carbonyl (C=O) groups is 1. The van der Waals surface area contributed by atoms with Crippen LogP contribution in [0.4, 0.5) is 0 Å². The van der Waals surface area contributed by atoms with Crippen LogP contribution in [0.1, 0.15) is 49.3 Å². The average Bonchev–Trinajstić information content (AvgIpc) is 3.61. The Bertz CT molecular complexity index is 1290. The van der Waals surface area contributed by atoms with Crippen molar-refractivity contribution in [3.63, 3.8) is 0 Å². The van der Waals surface area contributed by atoms with E-state index in [1.54, 1.807) is 0 Å². The third-order valence-electron chi connectivity index (χ3n) is 7.77. The zero-order valence-corrected chi connectivity index (χ0v) is 18.6. The number of para-hydroxylation sites is 1. The van der Waals surface area contributed by atoms with Crippen LogP contribution in [0.3, 0.4) is 0 Å². The van der Waals surface area contributed by atoms with E-state index < -0.39 is 5.72 Å². The minimum absolute atomic E-state index is 0.169. The Labute approximate surface area is 193 Å². The van der Waals surface area contributed by atoms with Crippen molar-refractivity contribution in [2.45, 2.75) is 43.9 Å². The lowest BCUT2D eigenvalue weighted by molar-refractivity contribution is -0.160. The van der Waals surface area contributed by atoms with E-state index in [4.69, 9.17) is 9.84 Å². The number of likely N-dealkylation sites (tertiary alicyclic amines) is 1. The molecule has 5 heteroatoms. The maximum atomic E-state index is 12.6. The van der Waals surface area contributed by atoms with E-state index in [1.807, 2.05) is 11.0 Å². The standard InChI is InChI=1S/C28H27N3O2/c32-27(20-10-11-20)30-15-13-28(14-16-30)31-25(23-7-3-4-8-26(23)33-28)18-24(29-31)22-12-9-19-5-1-2-6-21(19)17-22/h1-9,12,17,20,25H,10-11,13-16,18H2. The molecule has 1 atom stereocenters. The SMILES string of the molecule is O=C(C1CC1)N1CCC2(CC1)Oc1ccccc1C1CC(c3ccc4ccccc4c3)=NN12. The molecule has 0 aromatic heterocycles. The highest BCUT2D eigenvalue weighted by Crippen LogP contribution is 2.50. The predicted octanol–water partition coefficient (Wildman–Crippen LogP) is 5.11. The fourth-order valence-electron chi connectivity index (χ4n) is 5.77. The number of rotatable bonds is 2. The minimum atomic E-state index is -0.488. The summed E-state index contributed by atoms with van der Waals surface area (Å²) in [4.78, 5) is 14.7. The van der Waals surface area contributed by atoms with Crippen LogP contribution in [0.15, 0.2) is 71.8 Å². The molecule has 1 spiro atoms. The number of hydrazone groups is 1. The first-order valence-electron chi connectivity index (χ1n) is 12.1. The van der Waals surface area contributed by atoms with Gasteiger partial charge in [0.15, 0.2) is 0 Å². The molecule has 1 saturated carbocycles. The maximum Gasteiger partial charge on any atom is 0.225 e. The molecular formula is C28H27N3O2. The Morgan fingerprint density at radius 2 is 1.70 bits per heavy atom. The normalized spacial score (nSPS) is 23.2. The first kappa shape index (κ1) is 19.2. The fraction of sp³-hybridized carbons (Fsp3) is 0.357. The second-order valence-electron chi connectivity index (χ2n) is 9.86.